The van der Waals surface area contributed by atoms with Crippen LogP contribution in [0.5, 0.6) is 0 Å². The van der Waals surface area contributed by atoms with E-state index >= 15 is 0 Å². The Balaban J connectivity index is 1.69. The molecule has 1 amide bonds. The summed E-state index contributed by atoms with van der Waals surface area (Å²) < 4.78 is 5.24. The zero-order valence-electron chi connectivity index (χ0n) is 13.6. The zero-order chi connectivity index (χ0) is 17.1. The Hall–Kier alpha value is -2.38. The van der Waals surface area contributed by atoms with Crippen molar-refractivity contribution in [1.29, 1.82) is 0 Å². The minimum absolute atomic E-state index is 0.134. The largest absolute Gasteiger partial charge is 0.463 e. The van der Waals surface area contributed by atoms with Crippen LogP contribution in [0.1, 0.15) is 17.3 Å². The van der Waals surface area contributed by atoms with Gasteiger partial charge in [-0.1, -0.05) is 0 Å². The molecular formula is C17H21N3O4. The van der Waals surface area contributed by atoms with E-state index in [2.05, 4.69) is 9.88 Å². The highest BCUT2D eigenvalue weighted by molar-refractivity contribution is 5.94. The van der Waals surface area contributed by atoms with E-state index in [1.807, 2.05) is 0 Å². The molecule has 2 aromatic heterocycles. The molecule has 0 radical (unpaired) electrons. The highest BCUT2D eigenvalue weighted by Gasteiger charge is 2.24. The first-order valence-corrected chi connectivity index (χ1v) is 8.01. The third kappa shape index (κ3) is 3.58. The van der Waals surface area contributed by atoms with Gasteiger partial charge < -0.3 is 19.4 Å². The first-order valence-electron chi connectivity index (χ1n) is 8.01. The van der Waals surface area contributed by atoms with Crippen molar-refractivity contribution in [3.63, 3.8) is 0 Å². The van der Waals surface area contributed by atoms with Gasteiger partial charge in [0, 0.05) is 32.7 Å². The molecule has 2 aromatic rings. The van der Waals surface area contributed by atoms with Crippen LogP contribution in [-0.2, 0) is 0 Å². The minimum Gasteiger partial charge on any atom is -0.463 e. The van der Waals surface area contributed by atoms with Crippen LogP contribution in [0, 0.1) is 0 Å². The summed E-state index contributed by atoms with van der Waals surface area (Å²) in [6.07, 6.45) is 1.14. The van der Waals surface area contributed by atoms with E-state index < -0.39 is 5.56 Å². The number of amides is 1. The maximum Gasteiger partial charge on any atom is 0.261 e. The van der Waals surface area contributed by atoms with Crippen molar-refractivity contribution in [3.8, 4) is 11.5 Å². The van der Waals surface area contributed by atoms with Crippen LogP contribution >= 0.6 is 0 Å². The molecular weight excluding hydrogens is 310 g/mol. The average Bonchev–Trinajstić information content (AvgIpc) is 3.09. The van der Waals surface area contributed by atoms with Gasteiger partial charge in [-0.15, -0.1) is 0 Å². The molecule has 7 nitrogen and oxygen atoms in total. The van der Waals surface area contributed by atoms with Gasteiger partial charge in [-0.05, 0) is 31.2 Å². The van der Waals surface area contributed by atoms with E-state index in [0.717, 1.165) is 0 Å². The highest BCUT2D eigenvalue weighted by Crippen LogP contribution is 2.16. The number of nitrogens with zero attached hydrogens (tertiary/aromatic N) is 2. The van der Waals surface area contributed by atoms with E-state index in [0.29, 0.717) is 44.2 Å². The fraction of sp³-hybridized carbons (Fsp3) is 0.412. The van der Waals surface area contributed by atoms with Crippen molar-refractivity contribution in [2.75, 3.05) is 32.7 Å². The number of rotatable bonds is 4. The standard InChI is InChI=1S/C17H21N3O4/c1-12(21)11-19-6-8-20(9-7-19)17(23)13-4-5-14(18-16(13)22)15-3-2-10-24-15/h2-5,10,12,21H,6-9,11H2,1H3,(H,18,22)/t12-/m1/s1. The monoisotopic (exact) mass is 331 g/mol. The number of hydrogen-bond acceptors (Lipinski definition) is 5. The number of aromatic amines is 1. The second-order valence-electron chi connectivity index (χ2n) is 6.03. The number of carbonyl (C=O) groups is 1. The lowest BCUT2D eigenvalue weighted by molar-refractivity contribution is 0.0552. The predicted molar refractivity (Wildman–Crippen MR) is 88.8 cm³/mol. The summed E-state index contributed by atoms with van der Waals surface area (Å²) in [4.78, 5) is 31.3. The summed E-state index contributed by atoms with van der Waals surface area (Å²) in [6.45, 7) is 4.83. The molecule has 0 aliphatic carbocycles. The molecule has 0 unspecified atom stereocenters. The quantitative estimate of drug-likeness (QED) is 0.864. The molecule has 0 aromatic carbocycles. The fourth-order valence-corrected chi connectivity index (χ4v) is 2.90. The van der Waals surface area contributed by atoms with Crippen LogP contribution < -0.4 is 5.56 Å². The van der Waals surface area contributed by atoms with Crippen LogP contribution in [-0.4, -0.2) is 64.6 Å². The van der Waals surface area contributed by atoms with Crippen LogP contribution in [0.4, 0.5) is 0 Å². The Labute approximate surface area is 139 Å². The van der Waals surface area contributed by atoms with Crippen molar-refractivity contribution < 1.29 is 14.3 Å². The van der Waals surface area contributed by atoms with Gasteiger partial charge in [0.25, 0.3) is 11.5 Å². The smallest absolute Gasteiger partial charge is 0.261 e. The lowest BCUT2D eigenvalue weighted by atomic mass is 10.2. The van der Waals surface area contributed by atoms with Gasteiger partial charge in [0.2, 0.25) is 0 Å². The summed E-state index contributed by atoms with van der Waals surface area (Å²) in [5.74, 6) is 0.289. The molecule has 1 saturated heterocycles. The number of carbonyl (C=O) groups excluding carboxylic acids is 1. The van der Waals surface area contributed by atoms with Crippen LogP contribution in [0.15, 0.2) is 39.7 Å². The SMILES string of the molecule is C[C@@H](O)CN1CCN(C(=O)c2ccc(-c3ccco3)[nH]c2=O)CC1. The molecule has 1 fully saturated rings. The summed E-state index contributed by atoms with van der Waals surface area (Å²) in [6, 6.07) is 6.70. The summed E-state index contributed by atoms with van der Waals surface area (Å²) in [7, 11) is 0. The molecule has 0 bridgehead atoms. The Morgan fingerprint density at radius 2 is 2.04 bits per heavy atom. The summed E-state index contributed by atoms with van der Waals surface area (Å²) in [5.41, 5.74) is 0.262. The van der Waals surface area contributed by atoms with Gasteiger partial charge in [-0.2, -0.15) is 0 Å². The molecule has 3 heterocycles. The molecule has 7 heteroatoms. The van der Waals surface area contributed by atoms with Gasteiger partial charge in [0.1, 0.15) is 11.3 Å². The van der Waals surface area contributed by atoms with Crippen molar-refractivity contribution in [3.05, 3.63) is 46.4 Å². The molecule has 0 spiro atoms. The number of hydrogen-bond donors (Lipinski definition) is 2. The average molecular weight is 331 g/mol. The van der Waals surface area contributed by atoms with Crippen molar-refractivity contribution in [2.45, 2.75) is 13.0 Å². The molecule has 128 valence electrons. The third-order valence-corrected chi connectivity index (χ3v) is 4.11. The molecule has 1 aliphatic heterocycles. The Morgan fingerprint density at radius 1 is 1.29 bits per heavy atom. The lowest BCUT2D eigenvalue weighted by Gasteiger charge is -2.35. The number of H-pyrrole nitrogens is 1. The molecule has 2 N–H and O–H groups in total. The van der Waals surface area contributed by atoms with Crippen molar-refractivity contribution in [1.82, 2.24) is 14.8 Å². The van der Waals surface area contributed by atoms with Crippen molar-refractivity contribution in [2.24, 2.45) is 0 Å². The van der Waals surface area contributed by atoms with Gasteiger partial charge >= 0.3 is 0 Å². The molecule has 0 saturated carbocycles. The lowest BCUT2D eigenvalue weighted by Crippen LogP contribution is -2.50. The van der Waals surface area contributed by atoms with Crippen LogP contribution in [0.3, 0.4) is 0 Å². The number of aliphatic hydroxyl groups excluding tert-OH is 1. The fourth-order valence-electron chi connectivity index (χ4n) is 2.90. The van der Waals surface area contributed by atoms with Gasteiger partial charge in [0.05, 0.1) is 18.1 Å². The first kappa shape index (κ1) is 16.5. The number of aliphatic hydroxyl groups is 1. The zero-order valence-corrected chi connectivity index (χ0v) is 13.6. The Morgan fingerprint density at radius 3 is 2.62 bits per heavy atom. The predicted octanol–water partition coefficient (Wildman–Crippen LogP) is 0.774. The van der Waals surface area contributed by atoms with Crippen LogP contribution in [0.2, 0.25) is 0 Å². The minimum atomic E-state index is -0.416. The first-order chi connectivity index (χ1) is 11.5. The number of furan rings is 1. The third-order valence-electron chi connectivity index (χ3n) is 4.11. The Kier molecular flexibility index (Phi) is 4.82. The topological polar surface area (TPSA) is 89.8 Å². The van der Waals surface area contributed by atoms with Gasteiger partial charge in [0.15, 0.2) is 0 Å². The van der Waals surface area contributed by atoms with Gasteiger partial charge in [-0.3, -0.25) is 14.5 Å². The molecule has 3 rings (SSSR count). The summed E-state index contributed by atoms with van der Waals surface area (Å²) >= 11 is 0. The Bertz CT molecular complexity index is 743. The normalized spacial score (nSPS) is 17.0. The van der Waals surface area contributed by atoms with E-state index in [1.54, 1.807) is 36.1 Å². The van der Waals surface area contributed by atoms with Crippen molar-refractivity contribution >= 4 is 5.91 Å². The number of pyridine rings is 1. The molecule has 1 atom stereocenters. The maximum absolute atomic E-state index is 12.6. The second-order valence-corrected chi connectivity index (χ2v) is 6.03. The van der Waals surface area contributed by atoms with Crippen LogP contribution in [0.25, 0.3) is 11.5 Å². The number of aromatic nitrogens is 1. The van der Waals surface area contributed by atoms with E-state index in [-0.39, 0.29) is 17.6 Å². The van der Waals surface area contributed by atoms with E-state index in [4.69, 9.17) is 4.42 Å². The number of nitrogens with one attached hydrogen (secondary N) is 1. The molecule has 24 heavy (non-hydrogen) atoms. The maximum atomic E-state index is 12.6. The molecule has 1 aliphatic rings. The summed E-state index contributed by atoms with van der Waals surface area (Å²) in [5, 5.41) is 9.42. The van der Waals surface area contributed by atoms with Gasteiger partial charge in [-0.25, -0.2) is 0 Å². The number of piperazine rings is 1. The highest BCUT2D eigenvalue weighted by atomic mass is 16.3. The number of β-amino-alcohol motifs (C(OH)–C–C–N with tert-alkyl or cyclic N) is 1. The second kappa shape index (κ2) is 7.02. The van der Waals surface area contributed by atoms with E-state index in [9.17, 15) is 14.7 Å². The van der Waals surface area contributed by atoms with E-state index in [1.165, 1.54) is 6.26 Å².